The van der Waals surface area contributed by atoms with Crippen molar-refractivity contribution in [1.82, 2.24) is 4.98 Å². The Balaban J connectivity index is 1.53. The fourth-order valence-electron chi connectivity index (χ4n) is 3.86. The van der Waals surface area contributed by atoms with Gasteiger partial charge in [-0.1, -0.05) is 31.0 Å². The average molecular weight is 442 g/mol. The quantitative estimate of drug-likeness (QED) is 0.280. The van der Waals surface area contributed by atoms with Crippen LogP contribution in [0.2, 0.25) is 0 Å². The molecule has 1 atom stereocenters. The maximum Gasteiger partial charge on any atom is 0.213 e. The van der Waals surface area contributed by atoms with Crippen molar-refractivity contribution < 1.29 is 9.47 Å². The van der Waals surface area contributed by atoms with Gasteiger partial charge in [0, 0.05) is 39.4 Å². The number of hydrogen-bond donors (Lipinski definition) is 0. The highest BCUT2D eigenvalue weighted by Crippen LogP contribution is 2.36. The van der Waals surface area contributed by atoms with Gasteiger partial charge in [0.1, 0.15) is 12.4 Å². The number of ether oxygens (including phenoxy) is 2. The van der Waals surface area contributed by atoms with Crippen LogP contribution in [0.4, 0.5) is 0 Å². The molecule has 162 valence electrons. The monoisotopic (exact) mass is 441 g/mol. The topological polar surface area (TPSA) is 31.4 Å². The zero-order valence-electron chi connectivity index (χ0n) is 18.9. The van der Waals surface area contributed by atoms with E-state index in [2.05, 4.69) is 66.4 Å². The van der Waals surface area contributed by atoms with E-state index in [1.807, 2.05) is 31.3 Å². The summed E-state index contributed by atoms with van der Waals surface area (Å²) in [7, 11) is 1.64. The van der Waals surface area contributed by atoms with Gasteiger partial charge >= 0.3 is 0 Å². The van der Waals surface area contributed by atoms with Gasteiger partial charge in [-0.3, -0.25) is 0 Å². The molecule has 3 nitrogen and oxygen atoms in total. The van der Waals surface area contributed by atoms with Gasteiger partial charge in [0.25, 0.3) is 0 Å². The van der Waals surface area contributed by atoms with Gasteiger partial charge in [-0.05, 0) is 66.6 Å². The minimum absolute atomic E-state index is 0.282. The van der Waals surface area contributed by atoms with Crippen LogP contribution in [0, 0.1) is 18.8 Å². The number of nitrogens with zero attached hydrogens (tertiary/aromatic N) is 1. The molecule has 2 aromatic heterocycles. The Labute approximate surface area is 194 Å². The summed E-state index contributed by atoms with van der Waals surface area (Å²) in [5.41, 5.74) is 5.86. The number of methoxy groups -OCH3 is 1. The lowest BCUT2D eigenvalue weighted by atomic mass is 9.97. The fourth-order valence-corrected chi connectivity index (χ4v) is 4.80. The molecule has 2 heterocycles. The van der Waals surface area contributed by atoms with Crippen LogP contribution in [0.15, 0.2) is 60.1 Å². The van der Waals surface area contributed by atoms with Crippen LogP contribution >= 0.6 is 11.3 Å². The molecule has 0 aliphatic rings. The molecule has 0 unspecified atom stereocenters. The average Bonchev–Trinajstić information content (AvgIpc) is 3.24. The molecule has 0 saturated heterocycles. The van der Waals surface area contributed by atoms with Crippen LogP contribution in [0.3, 0.4) is 0 Å². The van der Waals surface area contributed by atoms with Crippen molar-refractivity contribution in [2.75, 3.05) is 7.11 Å². The second-order valence-electron chi connectivity index (χ2n) is 7.73. The van der Waals surface area contributed by atoms with Crippen molar-refractivity contribution in [3.05, 3.63) is 76.8 Å². The number of fused-ring (bicyclic) bond motifs is 1. The first kappa shape index (κ1) is 21.9. The highest BCUT2D eigenvalue weighted by Gasteiger charge is 2.12. The molecule has 4 aromatic rings. The highest BCUT2D eigenvalue weighted by atomic mass is 32.1. The Morgan fingerprint density at radius 3 is 2.56 bits per heavy atom. The largest absolute Gasteiger partial charge is 0.489 e. The minimum Gasteiger partial charge on any atom is -0.489 e. The molecule has 0 amide bonds. The van der Waals surface area contributed by atoms with E-state index < -0.39 is 0 Å². The second kappa shape index (κ2) is 9.89. The van der Waals surface area contributed by atoms with E-state index in [1.165, 1.54) is 21.2 Å². The maximum atomic E-state index is 6.08. The Bertz CT molecular complexity index is 1280. The van der Waals surface area contributed by atoms with Crippen LogP contribution < -0.4 is 9.47 Å². The summed E-state index contributed by atoms with van der Waals surface area (Å²) in [6, 6.07) is 16.8. The van der Waals surface area contributed by atoms with Crippen molar-refractivity contribution in [2.45, 2.75) is 39.7 Å². The number of aromatic nitrogens is 1. The predicted molar refractivity (Wildman–Crippen MR) is 134 cm³/mol. The van der Waals surface area contributed by atoms with Gasteiger partial charge < -0.3 is 9.47 Å². The van der Waals surface area contributed by atoms with Crippen LogP contribution in [-0.4, -0.2) is 12.1 Å². The smallest absolute Gasteiger partial charge is 0.213 e. The van der Waals surface area contributed by atoms with Crippen molar-refractivity contribution >= 4 is 21.4 Å². The van der Waals surface area contributed by atoms with E-state index in [9.17, 15) is 0 Å². The molecule has 0 saturated carbocycles. The summed E-state index contributed by atoms with van der Waals surface area (Å²) >= 11 is 1.75. The summed E-state index contributed by atoms with van der Waals surface area (Å²) in [6.45, 7) is 6.67. The number of benzene rings is 2. The van der Waals surface area contributed by atoms with Crippen molar-refractivity contribution in [1.29, 1.82) is 0 Å². The Morgan fingerprint density at radius 2 is 1.88 bits per heavy atom. The summed E-state index contributed by atoms with van der Waals surface area (Å²) in [6.07, 6.45) is 2.90. The van der Waals surface area contributed by atoms with E-state index in [-0.39, 0.29) is 5.92 Å². The van der Waals surface area contributed by atoms with E-state index in [4.69, 9.17) is 9.47 Å². The first-order chi connectivity index (χ1) is 15.6. The Hall–Kier alpha value is -3.29. The molecule has 32 heavy (non-hydrogen) atoms. The maximum absolute atomic E-state index is 6.08. The molecule has 4 rings (SSSR count). The number of pyridine rings is 1. The first-order valence-electron chi connectivity index (χ1n) is 10.8. The summed E-state index contributed by atoms with van der Waals surface area (Å²) in [5.74, 6) is 8.08. The zero-order chi connectivity index (χ0) is 22.5. The second-order valence-corrected chi connectivity index (χ2v) is 8.65. The Morgan fingerprint density at radius 1 is 1.06 bits per heavy atom. The number of aryl methyl sites for hydroxylation is 1. The van der Waals surface area contributed by atoms with E-state index in [1.54, 1.807) is 18.4 Å². The normalized spacial score (nSPS) is 11.6. The molecule has 2 aromatic carbocycles. The van der Waals surface area contributed by atoms with E-state index in [0.29, 0.717) is 12.5 Å². The summed E-state index contributed by atoms with van der Waals surface area (Å²) in [5, 5.41) is 3.43. The fraction of sp³-hybridized carbons (Fsp3) is 0.250. The highest BCUT2D eigenvalue weighted by molar-refractivity contribution is 7.17. The van der Waals surface area contributed by atoms with E-state index >= 15 is 0 Å². The Kier molecular flexibility index (Phi) is 6.78. The lowest BCUT2D eigenvalue weighted by Crippen LogP contribution is -1.97. The molecular weight excluding hydrogens is 414 g/mol. The van der Waals surface area contributed by atoms with Gasteiger partial charge in [0.15, 0.2) is 0 Å². The van der Waals surface area contributed by atoms with Gasteiger partial charge in [0.05, 0.1) is 7.11 Å². The van der Waals surface area contributed by atoms with E-state index in [0.717, 1.165) is 28.9 Å². The molecule has 0 fully saturated rings. The van der Waals surface area contributed by atoms with Gasteiger partial charge in [-0.15, -0.1) is 17.3 Å². The van der Waals surface area contributed by atoms with Crippen LogP contribution in [-0.2, 0) is 6.61 Å². The lowest BCUT2D eigenvalue weighted by Gasteiger charge is -2.11. The molecule has 0 aliphatic carbocycles. The van der Waals surface area contributed by atoms with Crippen molar-refractivity contribution in [2.24, 2.45) is 0 Å². The van der Waals surface area contributed by atoms with Gasteiger partial charge in [-0.25, -0.2) is 4.98 Å². The third-order valence-electron chi connectivity index (χ3n) is 5.64. The first-order valence-corrected chi connectivity index (χ1v) is 11.7. The standard InChI is InChI=1S/C28H27NO2S/c1-5-7-21(6-2)22-9-11-23(12-10-22)31-17-20-8-13-27-24(15-20)26(18-32-27)25-16-29-28(30-4)14-19(25)3/h8-16,18,21H,6,17H2,1-4H3/t21-/m1/s1. The number of thiophene rings is 1. The third kappa shape index (κ3) is 4.64. The van der Waals surface area contributed by atoms with Crippen molar-refractivity contribution in [3.8, 4) is 34.6 Å². The number of hydrogen-bond acceptors (Lipinski definition) is 4. The van der Waals surface area contributed by atoms with Crippen LogP contribution in [0.1, 0.15) is 42.9 Å². The zero-order valence-corrected chi connectivity index (χ0v) is 19.8. The molecule has 0 N–H and O–H groups in total. The summed E-state index contributed by atoms with van der Waals surface area (Å²) in [4.78, 5) is 4.41. The van der Waals surface area contributed by atoms with Crippen LogP contribution in [0.5, 0.6) is 11.6 Å². The molecule has 0 bridgehead atoms. The molecule has 4 heteroatoms. The molecular formula is C28H27NO2S. The molecule has 0 spiro atoms. The molecule has 0 radical (unpaired) electrons. The van der Waals surface area contributed by atoms with Gasteiger partial charge in [-0.2, -0.15) is 0 Å². The number of rotatable bonds is 7. The van der Waals surface area contributed by atoms with Crippen molar-refractivity contribution in [3.63, 3.8) is 0 Å². The molecule has 0 aliphatic heterocycles. The SMILES string of the molecule is CC#C[C@@H](CC)c1ccc(OCc2ccc3scc(-c4cnc(OC)cc4C)c3c2)cc1. The summed E-state index contributed by atoms with van der Waals surface area (Å²) < 4.78 is 12.6. The third-order valence-corrected chi connectivity index (χ3v) is 6.60. The minimum atomic E-state index is 0.282. The predicted octanol–water partition coefficient (Wildman–Crippen LogP) is 7.38. The van der Waals surface area contributed by atoms with Gasteiger partial charge in [0.2, 0.25) is 5.88 Å². The lowest BCUT2D eigenvalue weighted by molar-refractivity contribution is 0.306. The van der Waals surface area contributed by atoms with Crippen LogP contribution in [0.25, 0.3) is 21.2 Å².